The molecule has 7 nitrogen and oxygen atoms in total. The topological polar surface area (TPSA) is 65.1 Å². The van der Waals surface area contributed by atoms with Crippen LogP contribution in [0, 0.1) is 0 Å². The average molecular weight is 380 g/mol. The molecule has 146 valence electrons. The summed E-state index contributed by atoms with van der Waals surface area (Å²) in [6.45, 7) is 4.21. The lowest BCUT2D eigenvalue weighted by Gasteiger charge is -2.36. The molecule has 2 aliphatic heterocycles. The third-order valence-electron chi connectivity index (χ3n) is 5.27. The van der Waals surface area contributed by atoms with Crippen molar-refractivity contribution in [3.63, 3.8) is 0 Å². The van der Waals surface area contributed by atoms with Crippen molar-refractivity contribution in [2.45, 2.75) is 0 Å². The Labute approximate surface area is 164 Å². The van der Waals surface area contributed by atoms with Crippen molar-refractivity contribution in [2.75, 3.05) is 56.2 Å². The number of amides is 3. The van der Waals surface area contributed by atoms with Gasteiger partial charge < -0.3 is 19.9 Å². The fourth-order valence-corrected chi connectivity index (χ4v) is 3.66. The standard InChI is InChI=1S/C21H24N4O3/c1-28-19-4-2-3-18(15-19)23-11-13-24(14-12-23)20(26)16-5-7-17(8-6-16)25-10-9-22-21(25)27/h2-8,15H,9-14H2,1H3,(H,22,27). The molecular weight excluding hydrogens is 356 g/mol. The molecule has 1 N–H and O–H groups in total. The number of piperazine rings is 1. The molecule has 0 radical (unpaired) electrons. The number of methoxy groups -OCH3 is 1. The van der Waals surface area contributed by atoms with E-state index in [4.69, 9.17) is 4.74 Å². The van der Waals surface area contributed by atoms with Gasteiger partial charge in [0.1, 0.15) is 5.75 Å². The van der Waals surface area contributed by atoms with Gasteiger partial charge in [0.15, 0.2) is 0 Å². The van der Waals surface area contributed by atoms with E-state index in [1.54, 1.807) is 24.1 Å². The predicted molar refractivity (Wildman–Crippen MR) is 108 cm³/mol. The van der Waals surface area contributed by atoms with Crippen molar-refractivity contribution in [1.29, 1.82) is 0 Å². The van der Waals surface area contributed by atoms with E-state index in [-0.39, 0.29) is 11.9 Å². The third-order valence-corrected chi connectivity index (χ3v) is 5.27. The number of carbonyl (C=O) groups excluding carboxylic acids is 2. The van der Waals surface area contributed by atoms with Crippen LogP contribution >= 0.6 is 0 Å². The highest BCUT2D eigenvalue weighted by Crippen LogP contribution is 2.23. The zero-order valence-corrected chi connectivity index (χ0v) is 15.9. The van der Waals surface area contributed by atoms with Gasteiger partial charge in [0, 0.05) is 62.3 Å². The van der Waals surface area contributed by atoms with E-state index in [2.05, 4.69) is 16.3 Å². The number of hydrogen-bond acceptors (Lipinski definition) is 4. The number of benzene rings is 2. The molecule has 0 atom stereocenters. The minimum atomic E-state index is -0.0901. The minimum absolute atomic E-state index is 0.0303. The van der Waals surface area contributed by atoms with Crippen molar-refractivity contribution in [1.82, 2.24) is 10.2 Å². The van der Waals surface area contributed by atoms with Crippen LogP contribution in [0.15, 0.2) is 48.5 Å². The Hall–Kier alpha value is -3.22. The zero-order valence-electron chi connectivity index (χ0n) is 15.9. The molecule has 0 bridgehead atoms. The fourth-order valence-electron chi connectivity index (χ4n) is 3.66. The maximum Gasteiger partial charge on any atom is 0.321 e. The van der Waals surface area contributed by atoms with E-state index in [9.17, 15) is 9.59 Å². The Balaban J connectivity index is 1.37. The number of urea groups is 1. The van der Waals surface area contributed by atoms with Gasteiger partial charge in [0.25, 0.3) is 5.91 Å². The van der Waals surface area contributed by atoms with E-state index in [0.29, 0.717) is 31.7 Å². The lowest BCUT2D eigenvalue weighted by atomic mass is 10.1. The van der Waals surface area contributed by atoms with Crippen LogP contribution in [0.4, 0.5) is 16.2 Å². The molecule has 3 amide bonds. The number of ether oxygens (including phenoxy) is 1. The second kappa shape index (κ2) is 7.80. The fraction of sp³-hybridized carbons (Fsp3) is 0.333. The summed E-state index contributed by atoms with van der Waals surface area (Å²) >= 11 is 0. The smallest absolute Gasteiger partial charge is 0.321 e. The molecular formula is C21H24N4O3. The van der Waals surface area contributed by atoms with E-state index < -0.39 is 0 Å². The monoisotopic (exact) mass is 380 g/mol. The minimum Gasteiger partial charge on any atom is -0.497 e. The molecule has 0 aromatic heterocycles. The Morgan fingerprint density at radius 2 is 1.71 bits per heavy atom. The molecule has 0 aliphatic carbocycles. The highest BCUT2D eigenvalue weighted by Gasteiger charge is 2.24. The van der Waals surface area contributed by atoms with Gasteiger partial charge >= 0.3 is 6.03 Å². The molecule has 0 unspecified atom stereocenters. The maximum atomic E-state index is 12.8. The number of nitrogens with one attached hydrogen (secondary N) is 1. The van der Waals surface area contributed by atoms with Crippen LogP contribution in [-0.4, -0.2) is 63.2 Å². The number of anilines is 2. The van der Waals surface area contributed by atoms with Crippen LogP contribution < -0.4 is 19.9 Å². The summed E-state index contributed by atoms with van der Waals surface area (Å²) in [7, 11) is 1.66. The van der Waals surface area contributed by atoms with Gasteiger partial charge in [-0.05, 0) is 36.4 Å². The largest absolute Gasteiger partial charge is 0.497 e. The lowest BCUT2D eigenvalue weighted by Crippen LogP contribution is -2.48. The molecule has 2 aromatic rings. The summed E-state index contributed by atoms with van der Waals surface area (Å²) in [4.78, 5) is 30.4. The molecule has 28 heavy (non-hydrogen) atoms. The molecule has 4 rings (SSSR count). The quantitative estimate of drug-likeness (QED) is 0.883. The number of nitrogens with zero attached hydrogens (tertiary/aromatic N) is 3. The van der Waals surface area contributed by atoms with Crippen LogP contribution in [0.2, 0.25) is 0 Å². The Morgan fingerprint density at radius 1 is 0.964 bits per heavy atom. The van der Waals surface area contributed by atoms with Gasteiger partial charge in [-0.25, -0.2) is 4.79 Å². The number of hydrogen-bond donors (Lipinski definition) is 1. The van der Waals surface area contributed by atoms with Gasteiger partial charge in [0.05, 0.1) is 7.11 Å². The van der Waals surface area contributed by atoms with Crippen LogP contribution in [0.25, 0.3) is 0 Å². The number of carbonyl (C=O) groups is 2. The van der Waals surface area contributed by atoms with E-state index in [1.165, 1.54) is 0 Å². The first-order valence-corrected chi connectivity index (χ1v) is 9.49. The Bertz CT molecular complexity index is 860. The molecule has 7 heteroatoms. The van der Waals surface area contributed by atoms with Crippen molar-refractivity contribution in [3.8, 4) is 5.75 Å². The average Bonchev–Trinajstić information content (AvgIpc) is 3.19. The summed E-state index contributed by atoms with van der Waals surface area (Å²) in [5.41, 5.74) is 2.58. The molecule has 0 saturated carbocycles. The van der Waals surface area contributed by atoms with Gasteiger partial charge in [-0.3, -0.25) is 9.69 Å². The molecule has 2 heterocycles. The van der Waals surface area contributed by atoms with Crippen molar-refractivity contribution in [3.05, 3.63) is 54.1 Å². The first-order valence-electron chi connectivity index (χ1n) is 9.49. The summed E-state index contributed by atoms with van der Waals surface area (Å²) in [6, 6.07) is 15.2. The highest BCUT2D eigenvalue weighted by atomic mass is 16.5. The molecule has 2 fully saturated rings. The van der Waals surface area contributed by atoms with Gasteiger partial charge in [0.2, 0.25) is 0 Å². The summed E-state index contributed by atoms with van der Waals surface area (Å²) < 4.78 is 5.30. The summed E-state index contributed by atoms with van der Waals surface area (Å²) in [5.74, 6) is 0.866. The van der Waals surface area contributed by atoms with Crippen molar-refractivity contribution >= 4 is 23.3 Å². The van der Waals surface area contributed by atoms with Crippen LogP contribution in [-0.2, 0) is 0 Å². The Kier molecular flexibility index (Phi) is 5.06. The van der Waals surface area contributed by atoms with E-state index >= 15 is 0 Å². The van der Waals surface area contributed by atoms with E-state index in [1.807, 2.05) is 35.2 Å². The van der Waals surface area contributed by atoms with Crippen LogP contribution in [0.5, 0.6) is 5.75 Å². The number of rotatable bonds is 4. The zero-order chi connectivity index (χ0) is 19.5. The van der Waals surface area contributed by atoms with Crippen molar-refractivity contribution < 1.29 is 14.3 Å². The molecule has 2 aromatic carbocycles. The van der Waals surface area contributed by atoms with Gasteiger partial charge in [-0.1, -0.05) is 6.07 Å². The first kappa shape index (κ1) is 18.2. The summed E-state index contributed by atoms with van der Waals surface area (Å²) in [6.07, 6.45) is 0. The SMILES string of the molecule is COc1cccc(N2CCN(C(=O)c3ccc(N4CCNC4=O)cc3)CC2)c1. The van der Waals surface area contributed by atoms with Crippen molar-refractivity contribution in [2.24, 2.45) is 0 Å². The second-order valence-corrected chi connectivity index (χ2v) is 6.91. The highest BCUT2D eigenvalue weighted by molar-refractivity contribution is 5.97. The summed E-state index contributed by atoms with van der Waals surface area (Å²) in [5, 5.41) is 2.78. The third kappa shape index (κ3) is 3.60. The first-order chi connectivity index (χ1) is 13.7. The second-order valence-electron chi connectivity index (χ2n) is 6.91. The lowest BCUT2D eigenvalue weighted by molar-refractivity contribution is 0.0747. The maximum absolute atomic E-state index is 12.8. The van der Waals surface area contributed by atoms with Gasteiger partial charge in [-0.15, -0.1) is 0 Å². The van der Waals surface area contributed by atoms with Crippen LogP contribution in [0.1, 0.15) is 10.4 Å². The molecule has 2 saturated heterocycles. The normalized spacial score (nSPS) is 16.9. The van der Waals surface area contributed by atoms with Gasteiger partial charge in [-0.2, -0.15) is 0 Å². The Morgan fingerprint density at radius 3 is 2.36 bits per heavy atom. The predicted octanol–water partition coefficient (Wildman–Crippen LogP) is 2.19. The van der Waals surface area contributed by atoms with E-state index in [0.717, 1.165) is 30.2 Å². The van der Waals surface area contributed by atoms with Crippen LogP contribution in [0.3, 0.4) is 0 Å². The molecule has 2 aliphatic rings. The molecule has 0 spiro atoms.